The van der Waals surface area contributed by atoms with E-state index in [-0.39, 0.29) is 18.3 Å². The molecule has 28 heavy (non-hydrogen) atoms. The topological polar surface area (TPSA) is 47.9 Å². The second-order valence-corrected chi connectivity index (χ2v) is 7.32. The van der Waals surface area contributed by atoms with E-state index in [1.165, 1.54) is 10.8 Å². The molecule has 0 saturated carbocycles. The predicted molar refractivity (Wildman–Crippen MR) is 109 cm³/mol. The minimum Gasteiger partial charge on any atom is -0.371 e. The van der Waals surface area contributed by atoms with Crippen molar-refractivity contribution in [2.45, 2.75) is 51.2 Å². The molecule has 4 rings (SSSR count). The van der Waals surface area contributed by atoms with Gasteiger partial charge in [0, 0.05) is 6.42 Å². The van der Waals surface area contributed by atoms with E-state index in [2.05, 4.69) is 30.3 Å². The number of hydrogen-bond donors (Lipinski definition) is 1. The molecule has 3 aromatic rings. The largest absolute Gasteiger partial charge is 0.371 e. The summed E-state index contributed by atoms with van der Waals surface area (Å²) in [6.45, 7) is 2.88. The lowest BCUT2D eigenvalue weighted by molar-refractivity contribution is -0.251. The summed E-state index contributed by atoms with van der Waals surface area (Å²) >= 11 is 0. The average molecular weight is 378 g/mol. The van der Waals surface area contributed by atoms with Gasteiger partial charge in [-0.15, -0.1) is 0 Å². The Labute approximate surface area is 165 Å². The Hall–Kier alpha value is -2.24. The van der Waals surface area contributed by atoms with Crippen LogP contribution < -0.4 is 0 Å². The smallest absolute Gasteiger partial charge is 0.157 e. The van der Waals surface area contributed by atoms with Crippen LogP contribution in [0.1, 0.15) is 24.5 Å². The van der Waals surface area contributed by atoms with Gasteiger partial charge in [-0.25, -0.2) is 0 Å². The highest BCUT2D eigenvalue weighted by Crippen LogP contribution is 2.26. The molecule has 146 valence electrons. The Kier molecular flexibility index (Phi) is 6.03. The third-order valence-electron chi connectivity index (χ3n) is 5.20. The molecular formula is C24H26O4. The Bertz CT molecular complexity index is 895. The van der Waals surface area contributed by atoms with Crippen LogP contribution in [-0.2, 0) is 27.4 Å². The van der Waals surface area contributed by atoms with Crippen LogP contribution in [-0.4, -0.2) is 29.7 Å². The quantitative estimate of drug-likeness (QED) is 0.689. The Morgan fingerprint density at radius 3 is 2.39 bits per heavy atom. The van der Waals surface area contributed by atoms with Gasteiger partial charge in [-0.05, 0) is 34.9 Å². The maximum atomic E-state index is 10.0. The first kappa shape index (κ1) is 19.1. The van der Waals surface area contributed by atoms with Gasteiger partial charge in [0.2, 0.25) is 0 Å². The number of hydrogen-bond acceptors (Lipinski definition) is 4. The molecule has 1 saturated heterocycles. The molecule has 3 aromatic carbocycles. The van der Waals surface area contributed by atoms with E-state index in [4.69, 9.17) is 14.2 Å². The van der Waals surface area contributed by atoms with Crippen LogP contribution in [0, 0.1) is 0 Å². The number of aliphatic hydroxyl groups is 1. The zero-order valence-electron chi connectivity index (χ0n) is 16.0. The van der Waals surface area contributed by atoms with E-state index in [0.29, 0.717) is 19.6 Å². The van der Waals surface area contributed by atoms with Crippen molar-refractivity contribution in [2.75, 3.05) is 0 Å². The van der Waals surface area contributed by atoms with Crippen LogP contribution in [0.15, 0.2) is 72.8 Å². The Morgan fingerprint density at radius 2 is 1.57 bits per heavy atom. The van der Waals surface area contributed by atoms with Gasteiger partial charge in [0.15, 0.2) is 6.29 Å². The van der Waals surface area contributed by atoms with Crippen LogP contribution in [0.25, 0.3) is 10.8 Å². The number of rotatable bonds is 6. The fourth-order valence-corrected chi connectivity index (χ4v) is 3.72. The molecule has 4 atom stereocenters. The van der Waals surface area contributed by atoms with Gasteiger partial charge >= 0.3 is 0 Å². The summed E-state index contributed by atoms with van der Waals surface area (Å²) < 4.78 is 17.9. The molecule has 1 N–H and O–H groups in total. The van der Waals surface area contributed by atoms with Crippen molar-refractivity contribution in [2.24, 2.45) is 0 Å². The summed E-state index contributed by atoms with van der Waals surface area (Å²) in [4.78, 5) is 0. The van der Waals surface area contributed by atoms with Gasteiger partial charge < -0.3 is 19.3 Å². The molecule has 0 amide bonds. The first-order valence-electron chi connectivity index (χ1n) is 9.77. The van der Waals surface area contributed by atoms with E-state index in [1.54, 1.807) is 0 Å². The van der Waals surface area contributed by atoms with Crippen molar-refractivity contribution in [3.05, 3.63) is 83.9 Å². The summed E-state index contributed by atoms with van der Waals surface area (Å²) in [6, 6.07) is 24.7. The molecular weight excluding hydrogens is 352 g/mol. The second kappa shape index (κ2) is 8.84. The highest BCUT2D eigenvalue weighted by atomic mass is 16.6. The van der Waals surface area contributed by atoms with E-state index < -0.39 is 6.29 Å². The van der Waals surface area contributed by atoms with Gasteiger partial charge in [-0.2, -0.15) is 0 Å². The van der Waals surface area contributed by atoms with Crippen molar-refractivity contribution in [3.8, 4) is 0 Å². The van der Waals surface area contributed by atoms with Crippen LogP contribution in [0.5, 0.6) is 0 Å². The highest BCUT2D eigenvalue weighted by Gasteiger charge is 2.37. The van der Waals surface area contributed by atoms with Crippen molar-refractivity contribution in [1.82, 2.24) is 0 Å². The van der Waals surface area contributed by atoms with E-state index >= 15 is 0 Å². The molecule has 4 heteroatoms. The van der Waals surface area contributed by atoms with Gasteiger partial charge in [-0.3, -0.25) is 0 Å². The third kappa shape index (κ3) is 4.59. The molecule has 0 radical (unpaired) electrons. The third-order valence-corrected chi connectivity index (χ3v) is 5.20. The first-order valence-corrected chi connectivity index (χ1v) is 9.77. The van der Waals surface area contributed by atoms with E-state index in [1.807, 2.05) is 49.4 Å². The predicted octanol–water partition coefficient (Wildman–Crippen LogP) is 4.44. The van der Waals surface area contributed by atoms with Crippen LogP contribution in [0.2, 0.25) is 0 Å². The molecule has 4 nitrogen and oxygen atoms in total. The molecule has 0 aliphatic carbocycles. The summed E-state index contributed by atoms with van der Waals surface area (Å²) in [5, 5.41) is 12.4. The highest BCUT2D eigenvalue weighted by molar-refractivity contribution is 5.82. The summed E-state index contributed by atoms with van der Waals surface area (Å²) in [5.41, 5.74) is 2.21. The number of ether oxygens (including phenoxy) is 3. The van der Waals surface area contributed by atoms with Gasteiger partial charge in [0.05, 0.1) is 25.4 Å². The van der Waals surface area contributed by atoms with Gasteiger partial charge in [-0.1, -0.05) is 66.7 Å². The molecule has 1 aliphatic heterocycles. The van der Waals surface area contributed by atoms with Gasteiger partial charge in [0.25, 0.3) is 0 Å². The summed E-state index contributed by atoms with van der Waals surface area (Å²) in [5.74, 6) is 0. The maximum absolute atomic E-state index is 10.0. The average Bonchev–Trinajstić information content (AvgIpc) is 2.72. The van der Waals surface area contributed by atoms with E-state index in [9.17, 15) is 5.11 Å². The number of aliphatic hydroxyl groups excluding tert-OH is 1. The monoisotopic (exact) mass is 378 g/mol. The summed E-state index contributed by atoms with van der Waals surface area (Å²) in [7, 11) is 0. The Morgan fingerprint density at radius 1 is 0.857 bits per heavy atom. The fraction of sp³-hybridized carbons (Fsp3) is 0.333. The SMILES string of the molecule is C[C@@H]1OC(O)C[C@H](OCc2ccc3ccccc3c2)[C@H]1OCc1ccccc1. The lowest BCUT2D eigenvalue weighted by Crippen LogP contribution is -2.49. The Balaban J connectivity index is 1.43. The van der Waals surface area contributed by atoms with Crippen LogP contribution in [0.4, 0.5) is 0 Å². The first-order chi connectivity index (χ1) is 13.7. The molecule has 0 bridgehead atoms. The molecule has 1 unspecified atom stereocenters. The maximum Gasteiger partial charge on any atom is 0.157 e. The summed E-state index contributed by atoms with van der Waals surface area (Å²) in [6.07, 6.45) is -1.13. The lowest BCUT2D eigenvalue weighted by Gasteiger charge is -2.38. The normalized spacial score (nSPS) is 25.1. The standard InChI is InChI=1S/C24H26O4/c1-17-24(27-15-18-7-3-2-4-8-18)22(14-23(25)28-17)26-16-19-11-12-20-9-5-6-10-21(20)13-19/h2-13,17,22-25H,14-16H2,1H3/t17-,22-,23?,24-/m0/s1. The molecule has 1 aliphatic rings. The minimum atomic E-state index is -0.826. The zero-order valence-corrected chi connectivity index (χ0v) is 16.0. The second-order valence-electron chi connectivity index (χ2n) is 7.32. The van der Waals surface area contributed by atoms with Gasteiger partial charge in [0.1, 0.15) is 6.10 Å². The lowest BCUT2D eigenvalue weighted by atomic mass is 10.0. The van der Waals surface area contributed by atoms with Crippen molar-refractivity contribution in [1.29, 1.82) is 0 Å². The van der Waals surface area contributed by atoms with Crippen molar-refractivity contribution in [3.63, 3.8) is 0 Å². The van der Waals surface area contributed by atoms with Crippen molar-refractivity contribution < 1.29 is 19.3 Å². The van der Waals surface area contributed by atoms with Crippen LogP contribution >= 0.6 is 0 Å². The van der Waals surface area contributed by atoms with E-state index in [0.717, 1.165) is 11.1 Å². The molecule has 1 fully saturated rings. The number of benzene rings is 3. The fourth-order valence-electron chi connectivity index (χ4n) is 3.72. The molecule has 0 spiro atoms. The number of fused-ring (bicyclic) bond motifs is 1. The van der Waals surface area contributed by atoms with Crippen LogP contribution in [0.3, 0.4) is 0 Å². The minimum absolute atomic E-state index is 0.228. The molecule has 0 aromatic heterocycles. The zero-order chi connectivity index (χ0) is 19.3. The molecule has 1 heterocycles. The van der Waals surface area contributed by atoms with Crippen molar-refractivity contribution >= 4 is 10.8 Å².